The monoisotopic (exact) mass is 268 g/mol. The van der Waals surface area contributed by atoms with Crippen molar-refractivity contribution in [1.82, 2.24) is 9.80 Å². The van der Waals surface area contributed by atoms with E-state index in [1.54, 1.807) is 0 Å². The van der Waals surface area contributed by atoms with Gasteiger partial charge in [0, 0.05) is 26.2 Å². The van der Waals surface area contributed by atoms with Crippen molar-refractivity contribution in [2.75, 3.05) is 33.2 Å². The van der Waals surface area contributed by atoms with Gasteiger partial charge in [-0.05, 0) is 19.9 Å². The summed E-state index contributed by atoms with van der Waals surface area (Å²) >= 11 is 0. The number of fused-ring (bicyclic) bond motifs is 2. The van der Waals surface area contributed by atoms with Crippen LogP contribution in [0.4, 0.5) is 0 Å². The van der Waals surface area contributed by atoms with E-state index in [4.69, 9.17) is 4.74 Å². The molecular weight excluding hydrogens is 248 g/mol. The average Bonchev–Trinajstić information content (AvgIpc) is 2.98. The largest absolute Gasteiger partial charge is 0.481 e. The Kier molecular flexibility index (Phi) is 3.22. The first-order chi connectivity index (χ1) is 9.08. The SMILES string of the molecule is CN1CCN(C(=O)[C@H]2[C@H](C(=O)O)[C@H]3CC[C@@H]2O3)CC1. The number of hydrogen-bond donors (Lipinski definition) is 1. The van der Waals surface area contributed by atoms with Crippen molar-refractivity contribution in [3.05, 3.63) is 0 Å². The Bertz CT molecular complexity index is 392. The molecule has 2 bridgehead atoms. The number of carbonyl (C=O) groups is 2. The highest BCUT2D eigenvalue weighted by atomic mass is 16.5. The van der Waals surface area contributed by atoms with E-state index in [2.05, 4.69) is 4.90 Å². The number of amides is 1. The third kappa shape index (κ3) is 2.12. The van der Waals surface area contributed by atoms with Crippen LogP contribution < -0.4 is 0 Å². The fourth-order valence-corrected chi connectivity index (χ4v) is 3.54. The molecule has 4 atom stereocenters. The van der Waals surface area contributed by atoms with Crippen LogP contribution in [0.25, 0.3) is 0 Å². The Balaban J connectivity index is 1.73. The number of carboxylic acid groups (broad SMARTS) is 1. The minimum absolute atomic E-state index is 0.0206. The van der Waals surface area contributed by atoms with Gasteiger partial charge in [-0.1, -0.05) is 0 Å². The molecule has 3 saturated heterocycles. The molecule has 3 fully saturated rings. The molecule has 0 aliphatic carbocycles. The van der Waals surface area contributed by atoms with Gasteiger partial charge >= 0.3 is 5.97 Å². The zero-order chi connectivity index (χ0) is 13.6. The number of carbonyl (C=O) groups excluding carboxylic acids is 1. The van der Waals surface area contributed by atoms with Gasteiger partial charge in [0.15, 0.2) is 0 Å². The van der Waals surface area contributed by atoms with E-state index in [0.717, 1.165) is 25.9 Å². The first kappa shape index (κ1) is 12.9. The van der Waals surface area contributed by atoms with Gasteiger partial charge in [-0.2, -0.15) is 0 Å². The number of piperazine rings is 1. The molecule has 1 N–H and O–H groups in total. The summed E-state index contributed by atoms with van der Waals surface area (Å²) in [5.41, 5.74) is 0. The summed E-state index contributed by atoms with van der Waals surface area (Å²) in [4.78, 5) is 27.9. The van der Waals surface area contributed by atoms with E-state index in [1.165, 1.54) is 0 Å². The molecule has 0 unspecified atom stereocenters. The number of carboxylic acids is 1. The molecule has 1 amide bonds. The van der Waals surface area contributed by atoms with Crippen molar-refractivity contribution in [3.8, 4) is 0 Å². The zero-order valence-electron chi connectivity index (χ0n) is 11.1. The van der Waals surface area contributed by atoms with Gasteiger partial charge in [-0.25, -0.2) is 0 Å². The van der Waals surface area contributed by atoms with Crippen LogP contribution in [0, 0.1) is 11.8 Å². The standard InChI is InChI=1S/C13H20N2O4/c1-14-4-6-15(7-5-14)12(16)10-8-2-3-9(19-8)11(10)13(17)18/h8-11H,2-7H2,1H3,(H,17,18)/t8-,9+,10+,11+/m0/s1. The smallest absolute Gasteiger partial charge is 0.310 e. The van der Waals surface area contributed by atoms with E-state index in [9.17, 15) is 14.7 Å². The number of likely N-dealkylation sites (N-methyl/N-ethyl adjacent to an activating group) is 1. The maximum Gasteiger partial charge on any atom is 0.310 e. The number of nitrogens with zero attached hydrogens (tertiary/aromatic N) is 2. The van der Waals surface area contributed by atoms with E-state index in [0.29, 0.717) is 13.1 Å². The summed E-state index contributed by atoms with van der Waals surface area (Å²) < 4.78 is 5.65. The summed E-state index contributed by atoms with van der Waals surface area (Å²) in [7, 11) is 2.03. The van der Waals surface area contributed by atoms with Crippen molar-refractivity contribution >= 4 is 11.9 Å². The summed E-state index contributed by atoms with van der Waals surface area (Å²) in [6.45, 7) is 3.08. The second-order valence-electron chi connectivity index (χ2n) is 5.81. The molecule has 0 aromatic carbocycles. The Morgan fingerprint density at radius 2 is 1.63 bits per heavy atom. The van der Waals surface area contributed by atoms with Crippen LogP contribution in [-0.4, -0.2) is 72.2 Å². The minimum Gasteiger partial charge on any atom is -0.481 e. The number of ether oxygens (including phenoxy) is 1. The van der Waals surface area contributed by atoms with Crippen LogP contribution in [-0.2, 0) is 14.3 Å². The number of hydrogen-bond acceptors (Lipinski definition) is 4. The second kappa shape index (κ2) is 4.76. The molecule has 3 aliphatic heterocycles. The van der Waals surface area contributed by atoms with Gasteiger partial charge in [0.2, 0.25) is 5.91 Å². The first-order valence-corrected chi connectivity index (χ1v) is 6.93. The average molecular weight is 268 g/mol. The summed E-state index contributed by atoms with van der Waals surface area (Å²) in [6.07, 6.45) is 1.15. The maximum absolute atomic E-state index is 12.6. The maximum atomic E-state index is 12.6. The van der Waals surface area contributed by atoms with Crippen molar-refractivity contribution < 1.29 is 19.4 Å². The van der Waals surface area contributed by atoms with Gasteiger partial charge in [-0.15, -0.1) is 0 Å². The Morgan fingerprint density at radius 3 is 2.21 bits per heavy atom. The van der Waals surface area contributed by atoms with Gasteiger partial charge in [0.1, 0.15) is 0 Å². The van der Waals surface area contributed by atoms with Gasteiger partial charge in [0.25, 0.3) is 0 Å². The Morgan fingerprint density at radius 1 is 1.05 bits per heavy atom. The highest BCUT2D eigenvalue weighted by Gasteiger charge is 2.56. The Hall–Kier alpha value is -1.14. The molecule has 6 heteroatoms. The summed E-state index contributed by atoms with van der Waals surface area (Å²) in [6, 6.07) is 0. The van der Waals surface area contributed by atoms with Crippen molar-refractivity contribution in [1.29, 1.82) is 0 Å². The van der Waals surface area contributed by atoms with Crippen LogP contribution >= 0.6 is 0 Å². The van der Waals surface area contributed by atoms with Crippen LogP contribution in [0.3, 0.4) is 0 Å². The normalized spacial score (nSPS) is 38.7. The van der Waals surface area contributed by atoms with Crippen LogP contribution in [0.15, 0.2) is 0 Å². The number of rotatable bonds is 2. The van der Waals surface area contributed by atoms with Crippen LogP contribution in [0.5, 0.6) is 0 Å². The highest BCUT2D eigenvalue weighted by molar-refractivity contribution is 5.86. The molecule has 3 aliphatic rings. The Labute approximate surface area is 112 Å². The minimum atomic E-state index is -0.889. The summed E-state index contributed by atoms with van der Waals surface area (Å²) in [5, 5.41) is 9.34. The van der Waals surface area contributed by atoms with E-state index in [1.807, 2.05) is 11.9 Å². The molecular formula is C13H20N2O4. The van der Waals surface area contributed by atoms with E-state index < -0.39 is 17.8 Å². The fourth-order valence-electron chi connectivity index (χ4n) is 3.54. The molecule has 3 heterocycles. The van der Waals surface area contributed by atoms with E-state index >= 15 is 0 Å². The third-order valence-electron chi connectivity index (χ3n) is 4.66. The number of aliphatic carboxylic acids is 1. The predicted octanol–water partition coefficient (Wildman–Crippen LogP) is -0.361. The lowest BCUT2D eigenvalue weighted by molar-refractivity contribution is -0.151. The third-order valence-corrected chi connectivity index (χ3v) is 4.66. The predicted molar refractivity (Wildman–Crippen MR) is 66.6 cm³/mol. The molecule has 0 radical (unpaired) electrons. The van der Waals surface area contributed by atoms with Crippen molar-refractivity contribution in [2.24, 2.45) is 11.8 Å². The zero-order valence-corrected chi connectivity index (χ0v) is 11.1. The fraction of sp³-hybridized carbons (Fsp3) is 0.846. The van der Waals surface area contributed by atoms with Crippen molar-refractivity contribution in [3.63, 3.8) is 0 Å². The van der Waals surface area contributed by atoms with Crippen LogP contribution in [0.1, 0.15) is 12.8 Å². The lowest BCUT2D eigenvalue weighted by Crippen LogP contribution is -2.52. The molecule has 0 aromatic heterocycles. The van der Waals surface area contributed by atoms with Gasteiger partial charge in [-0.3, -0.25) is 9.59 Å². The lowest BCUT2D eigenvalue weighted by Gasteiger charge is -2.36. The van der Waals surface area contributed by atoms with Crippen molar-refractivity contribution in [2.45, 2.75) is 25.0 Å². The lowest BCUT2D eigenvalue weighted by atomic mass is 9.78. The quantitative estimate of drug-likeness (QED) is 0.740. The molecule has 0 aromatic rings. The van der Waals surface area contributed by atoms with Crippen LogP contribution in [0.2, 0.25) is 0 Å². The molecule has 6 nitrogen and oxygen atoms in total. The molecule has 0 spiro atoms. The molecule has 0 saturated carbocycles. The van der Waals surface area contributed by atoms with E-state index in [-0.39, 0.29) is 18.1 Å². The molecule has 19 heavy (non-hydrogen) atoms. The van der Waals surface area contributed by atoms with Gasteiger partial charge < -0.3 is 19.6 Å². The molecule has 106 valence electrons. The van der Waals surface area contributed by atoms with Gasteiger partial charge in [0.05, 0.1) is 24.0 Å². The molecule has 3 rings (SSSR count). The topological polar surface area (TPSA) is 70.1 Å². The highest BCUT2D eigenvalue weighted by Crippen LogP contribution is 2.44. The second-order valence-corrected chi connectivity index (χ2v) is 5.81. The first-order valence-electron chi connectivity index (χ1n) is 6.93. The summed E-state index contributed by atoms with van der Waals surface area (Å²) in [5.74, 6) is -2.03.